The van der Waals surface area contributed by atoms with Crippen LogP contribution in [0.3, 0.4) is 0 Å². The summed E-state index contributed by atoms with van der Waals surface area (Å²) in [6.45, 7) is 2.29. The van der Waals surface area contributed by atoms with Crippen molar-refractivity contribution in [1.29, 1.82) is 0 Å². The van der Waals surface area contributed by atoms with Crippen LogP contribution in [0.1, 0.15) is 32.1 Å². The Bertz CT molecular complexity index is 398. The third kappa shape index (κ3) is 2.37. The van der Waals surface area contributed by atoms with E-state index in [2.05, 4.69) is 22.1 Å². The second kappa shape index (κ2) is 5.03. The van der Waals surface area contributed by atoms with Crippen molar-refractivity contribution in [2.24, 2.45) is 0 Å². The second-order valence-corrected chi connectivity index (χ2v) is 5.22. The first-order chi connectivity index (χ1) is 8.83. The Labute approximate surface area is 108 Å². The molecule has 1 aromatic rings. The fraction of sp³-hybridized carbons (Fsp3) is 0.643. The molecule has 4 heteroatoms. The number of nitrogens with zero attached hydrogens (tertiary/aromatic N) is 2. The van der Waals surface area contributed by atoms with Gasteiger partial charge >= 0.3 is 0 Å². The van der Waals surface area contributed by atoms with Gasteiger partial charge in [-0.1, -0.05) is 6.42 Å². The summed E-state index contributed by atoms with van der Waals surface area (Å²) in [6.07, 6.45) is 10.8. The molecular weight excluding hydrogens is 226 g/mol. The van der Waals surface area contributed by atoms with Crippen molar-refractivity contribution in [3.05, 3.63) is 18.5 Å². The minimum absolute atomic E-state index is 0.260. The molecule has 4 nitrogen and oxygen atoms in total. The molecule has 0 radical (unpaired) electrons. The van der Waals surface area contributed by atoms with Gasteiger partial charge in [0.2, 0.25) is 0 Å². The predicted octanol–water partition coefficient (Wildman–Crippen LogP) is 1.66. The van der Waals surface area contributed by atoms with Gasteiger partial charge in [-0.2, -0.15) is 0 Å². The van der Waals surface area contributed by atoms with Gasteiger partial charge in [0.1, 0.15) is 11.8 Å². The quantitative estimate of drug-likeness (QED) is 0.880. The molecule has 3 rings (SSSR count). The monoisotopic (exact) mass is 245 g/mol. The zero-order valence-electron chi connectivity index (χ0n) is 10.6. The maximum atomic E-state index is 5.89. The molecule has 0 bridgehead atoms. The highest BCUT2D eigenvalue weighted by molar-refractivity contribution is 5.47. The third-order valence-corrected chi connectivity index (χ3v) is 4.05. The molecule has 2 aliphatic rings. The van der Waals surface area contributed by atoms with Crippen LogP contribution in [-0.2, 0) is 0 Å². The van der Waals surface area contributed by atoms with Gasteiger partial charge < -0.3 is 15.4 Å². The Balaban J connectivity index is 1.52. The van der Waals surface area contributed by atoms with Gasteiger partial charge in [-0.3, -0.25) is 0 Å². The Morgan fingerprint density at radius 1 is 1.28 bits per heavy atom. The fourth-order valence-corrected chi connectivity index (χ4v) is 2.69. The smallest absolute Gasteiger partial charge is 0.197 e. The molecule has 1 saturated heterocycles. The number of aromatic nitrogens is 1. The predicted molar refractivity (Wildman–Crippen MR) is 69.2 cm³/mol. The molecule has 2 heterocycles. The van der Waals surface area contributed by atoms with Gasteiger partial charge in [-0.15, -0.1) is 0 Å². The third-order valence-electron chi connectivity index (χ3n) is 4.05. The summed E-state index contributed by atoms with van der Waals surface area (Å²) >= 11 is 0. The van der Waals surface area contributed by atoms with Crippen LogP contribution in [0.15, 0.2) is 6.20 Å². The molecule has 0 atom stereocenters. The highest BCUT2D eigenvalue weighted by Gasteiger charge is 2.29. The van der Waals surface area contributed by atoms with E-state index in [1.165, 1.54) is 19.3 Å². The van der Waals surface area contributed by atoms with Crippen LogP contribution >= 0.6 is 0 Å². The van der Waals surface area contributed by atoms with E-state index >= 15 is 0 Å². The number of hydrogen-bond acceptors (Lipinski definition) is 4. The molecule has 0 amide bonds. The molecule has 1 aliphatic heterocycles. The molecule has 2 fully saturated rings. The number of piperidine rings is 1. The summed E-state index contributed by atoms with van der Waals surface area (Å²) in [7, 11) is 0. The van der Waals surface area contributed by atoms with E-state index in [-0.39, 0.29) is 6.10 Å². The summed E-state index contributed by atoms with van der Waals surface area (Å²) in [5.74, 6) is 0.604. The van der Waals surface area contributed by atoms with Gasteiger partial charge in [-0.05, 0) is 31.7 Å². The average molecular weight is 245 g/mol. The molecule has 1 aliphatic carbocycles. The topological polar surface area (TPSA) is 51.4 Å². The first kappa shape index (κ1) is 11.6. The van der Waals surface area contributed by atoms with Crippen LogP contribution in [0.4, 0.5) is 5.69 Å². The molecule has 0 unspecified atom stereocenters. The zero-order valence-corrected chi connectivity index (χ0v) is 10.6. The van der Waals surface area contributed by atoms with Gasteiger partial charge in [0.25, 0.3) is 0 Å². The van der Waals surface area contributed by atoms with Crippen LogP contribution in [0.25, 0.3) is 0 Å². The average Bonchev–Trinajstić information content (AvgIpc) is 2.32. The summed E-state index contributed by atoms with van der Waals surface area (Å²) in [5.41, 5.74) is 6.35. The van der Waals surface area contributed by atoms with Crippen molar-refractivity contribution >= 4 is 5.69 Å². The molecule has 18 heavy (non-hydrogen) atoms. The highest BCUT2D eigenvalue weighted by Crippen LogP contribution is 2.29. The summed E-state index contributed by atoms with van der Waals surface area (Å²) < 4.78 is 5.89. The van der Waals surface area contributed by atoms with Gasteiger partial charge in [0, 0.05) is 25.3 Å². The van der Waals surface area contributed by atoms with Crippen LogP contribution in [0.5, 0.6) is 5.75 Å². The van der Waals surface area contributed by atoms with E-state index in [9.17, 15) is 0 Å². The van der Waals surface area contributed by atoms with Crippen LogP contribution in [-0.4, -0.2) is 35.1 Å². The van der Waals surface area contributed by atoms with E-state index in [1.54, 1.807) is 6.20 Å². The molecule has 1 aromatic heterocycles. The number of likely N-dealkylation sites (tertiary alicyclic amines) is 1. The number of anilines is 1. The minimum atomic E-state index is 0.260. The van der Waals surface area contributed by atoms with Crippen molar-refractivity contribution in [3.63, 3.8) is 0 Å². The van der Waals surface area contributed by atoms with E-state index in [1.807, 2.05) is 0 Å². The van der Waals surface area contributed by atoms with E-state index < -0.39 is 0 Å². The lowest BCUT2D eigenvalue weighted by Crippen LogP contribution is -2.46. The minimum Gasteiger partial charge on any atom is -0.480 e. The molecule has 1 saturated carbocycles. The summed E-state index contributed by atoms with van der Waals surface area (Å²) in [4.78, 5) is 6.40. The largest absolute Gasteiger partial charge is 0.480 e. The SMILES string of the molecule is Nc1cnc#cc1OC1CCN(C2CCC2)CC1. The number of rotatable bonds is 3. The molecule has 0 spiro atoms. The number of hydrogen-bond donors (Lipinski definition) is 1. The zero-order chi connectivity index (χ0) is 12.4. The Hall–Kier alpha value is -1.47. The Morgan fingerprint density at radius 2 is 2.06 bits per heavy atom. The van der Waals surface area contributed by atoms with Crippen molar-refractivity contribution in [3.8, 4) is 5.75 Å². The normalized spacial score (nSPS) is 22.2. The van der Waals surface area contributed by atoms with Crippen molar-refractivity contribution in [2.45, 2.75) is 44.2 Å². The van der Waals surface area contributed by atoms with Gasteiger partial charge in [-0.25, -0.2) is 4.98 Å². The number of nitrogen functional groups attached to an aromatic ring is 1. The van der Waals surface area contributed by atoms with Crippen LogP contribution < -0.4 is 10.5 Å². The molecule has 0 aromatic carbocycles. The van der Waals surface area contributed by atoms with Crippen LogP contribution in [0, 0.1) is 12.3 Å². The van der Waals surface area contributed by atoms with Crippen molar-refractivity contribution in [1.82, 2.24) is 9.88 Å². The van der Waals surface area contributed by atoms with Crippen molar-refractivity contribution < 1.29 is 4.74 Å². The van der Waals surface area contributed by atoms with Crippen molar-refractivity contribution in [2.75, 3.05) is 18.8 Å². The van der Waals surface area contributed by atoms with Gasteiger partial charge in [0.05, 0.1) is 6.20 Å². The number of nitrogens with two attached hydrogens (primary N) is 1. The molecule has 2 N–H and O–H groups in total. The highest BCUT2D eigenvalue weighted by atomic mass is 16.5. The standard InChI is InChI=1S/C14H19N3O/c15-13-10-16-7-4-14(13)18-12-5-8-17(9-6-12)11-2-1-3-11/h10-12H,1-3,5-6,8-9,15H2. The van der Waals surface area contributed by atoms with Crippen LogP contribution in [0.2, 0.25) is 0 Å². The lowest BCUT2D eigenvalue weighted by atomic mass is 9.90. The maximum Gasteiger partial charge on any atom is 0.197 e. The Kier molecular flexibility index (Phi) is 3.24. The molecule has 96 valence electrons. The summed E-state index contributed by atoms with van der Waals surface area (Å²) in [5, 5.41) is 0. The lowest BCUT2D eigenvalue weighted by Gasteiger charge is -2.41. The fourth-order valence-electron chi connectivity index (χ4n) is 2.69. The van der Waals surface area contributed by atoms with E-state index in [0.29, 0.717) is 11.4 Å². The first-order valence-electron chi connectivity index (χ1n) is 6.77. The molecular formula is C14H19N3O. The van der Waals surface area contributed by atoms with E-state index in [0.717, 1.165) is 32.0 Å². The Morgan fingerprint density at radius 3 is 2.67 bits per heavy atom. The summed E-state index contributed by atoms with van der Waals surface area (Å²) in [6, 6.07) is 3.69. The second-order valence-electron chi connectivity index (χ2n) is 5.22. The first-order valence-corrected chi connectivity index (χ1v) is 6.77. The lowest BCUT2D eigenvalue weighted by molar-refractivity contribution is 0.0496. The number of ether oxygens (including phenoxy) is 1. The van der Waals surface area contributed by atoms with Gasteiger partial charge in [0.15, 0.2) is 5.75 Å². The maximum absolute atomic E-state index is 5.89. The van der Waals surface area contributed by atoms with E-state index in [4.69, 9.17) is 10.5 Å².